The van der Waals surface area contributed by atoms with Gasteiger partial charge in [-0.1, -0.05) is 46.8 Å². The molecule has 3 N–H and O–H groups in total. The van der Waals surface area contributed by atoms with Gasteiger partial charge < -0.3 is 10.8 Å². The summed E-state index contributed by atoms with van der Waals surface area (Å²) in [5, 5.41) is 11.0. The van der Waals surface area contributed by atoms with E-state index >= 15 is 0 Å². The fourth-order valence-electron chi connectivity index (χ4n) is 2.72. The van der Waals surface area contributed by atoms with Crippen LogP contribution in [0.4, 0.5) is 0 Å². The van der Waals surface area contributed by atoms with Crippen molar-refractivity contribution in [2.24, 2.45) is 11.7 Å². The third kappa shape index (κ3) is 4.33. The molecule has 2 rings (SSSR count). The van der Waals surface area contributed by atoms with Crippen LogP contribution in [0.3, 0.4) is 0 Å². The Morgan fingerprint density at radius 1 is 1.26 bits per heavy atom. The zero-order chi connectivity index (χ0) is 13.1. The summed E-state index contributed by atoms with van der Waals surface area (Å²) in [5.41, 5.74) is 7.01. The zero-order valence-corrected chi connectivity index (χ0v) is 13.8. The highest BCUT2D eigenvalue weighted by molar-refractivity contribution is 9.10. The van der Waals surface area contributed by atoms with E-state index in [0.29, 0.717) is 10.9 Å². The van der Waals surface area contributed by atoms with Crippen LogP contribution in [0.1, 0.15) is 43.7 Å². The van der Waals surface area contributed by atoms with E-state index in [2.05, 4.69) is 15.9 Å². The molecule has 1 aromatic rings. The van der Waals surface area contributed by atoms with E-state index in [4.69, 9.17) is 17.3 Å². The van der Waals surface area contributed by atoms with Crippen LogP contribution in [0.2, 0.25) is 5.02 Å². The van der Waals surface area contributed by atoms with Gasteiger partial charge in [0.25, 0.3) is 0 Å². The zero-order valence-electron chi connectivity index (χ0n) is 10.7. The largest absolute Gasteiger partial charge is 0.391 e. The van der Waals surface area contributed by atoms with Crippen LogP contribution < -0.4 is 5.73 Å². The SMILES string of the molecule is Cl.N[C@@H](c1cc(Br)ccc1Cl)[C@H](O)C1CCCCC1. The molecule has 0 radical (unpaired) electrons. The van der Waals surface area contributed by atoms with Crippen LogP contribution in [0, 0.1) is 5.92 Å². The minimum atomic E-state index is -0.503. The fraction of sp³-hybridized carbons (Fsp3) is 0.571. The van der Waals surface area contributed by atoms with Crippen LogP contribution >= 0.6 is 39.9 Å². The Bertz CT molecular complexity index is 410. The third-order valence-electron chi connectivity index (χ3n) is 3.82. The van der Waals surface area contributed by atoms with Gasteiger partial charge in [0.1, 0.15) is 0 Å². The number of hydrogen-bond acceptors (Lipinski definition) is 2. The maximum absolute atomic E-state index is 10.4. The molecule has 108 valence electrons. The van der Waals surface area contributed by atoms with Gasteiger partial charge in [-0.25, -0.2) is 0 Å². The summed E-state index contributed by atoms with van der Waals surface area (Å²) >= 11 is 9.58. The van der Waals surface area contributed by atoms with Gasteiger partial charge in [0.2, 0.25) is 0 Å². The lowest BCUT2D eigenvalue weighted by Gasteiger charge is -2.31. The molecule has 0 heterocycles. The first-order chi connectivity index (χ1) is 8.59. The normalized spacial score (nSPS) is 19.6. The third-order valence-corrected chi connectivity index (χ3v) is 4.66. The van der Waals surface area contributed by atoms with Gasteiger partial charge in [0.15, 0.2) is 0 Å². The molecule has 1 aliphatic carbocycles. The quantitative estimate of drug-likeness (QED) is 0.826. The first-order valence-electron chi connectivity index (χ1n) is 6.48. The number of rotatable bonds is 3. The molecule has 5 heteroatoms. The van der Waals surface area contributed by atoms with Crippen molar-refractivity contribution in [2.45, 2.75) is 44.2 Å². The standard InChI is InChI=1S/C14H19BrClNO.ClH/c15-10-6-7-12(16)11(8-10)13(17)14(18)9-4-2-1-3-5-9;/h6-9,13-14,18H,1-5,17H2;1H/t13-,14+;/m0./s1. The molecule has 2 atom stereocenters. The Labute approximate surface area is 134 Å². The molecule has 0 amide bonds. The van der Waals surface area contributed by atoms with Gasteiger partial charge in [0.05, 0.1) is 12.1 Å². The maximum atomic E-state index is 10.4. The smallest absolute Gasteiger partial charge is 0.0761 e. The van der Waals surface area contributed by atoms with E-state index in [-0.39, 0.29) is 12.4 Å². The van der Waals surface area contributed by atoms with Gasteiger partial charge in [-0.2, -0.15) is 0 Å². The Hall–Kier alpha value is 0.200. The molecule has 1 aliphatic rings. The Kier molecular flexibility index (Phi) is 7.12. The van der Waals surface area contributed by atoms with Crippen LogP contribution in [0.25, 0.3) is 0 Å². The highest BCUT2D eigenvalue weighted by Gasteiger charge is 2.28. The highest BCUT2D eigenvalue weighted by Crippen LogP contribution is 2.34. The van der Waals surface area contributed by atoms with Crippen molar-refractivity contribution in [2.75, 3.05) is 0 Å². The van der Waals surface area contributed by atoms with E-state index in [1.54, 1.807) is 0 Å². The molecule has 19 heavy (non-hydrogen) atoms. The molecule has 1 saturated carbocycles. The number of hydrogen-bond donors (Lipinski definition) is 2. The van der Waals surface area contributed by atoms with Gasteiger partial charge in [-0.05, 0) is 42.5 Å². The van der Waals surface area contributed by atoms with E-state index in [1.165, 1.54) is 19.3 Å². The van der Waals surface area contributed by atoms with Crippen LogP contribution in [0.15, 0.2) is 22.7 Å². The number of benzene rings is 1. The van der Waals surface area contributed by atoms with Gasteiger partial charge in [-0.15, -0.1) is 12.4 Å². The van der Waals surface area contributed by atoms with E-state index in [0.717, 1.165) is 22.9 Å². The summed E-state index contributed by atoms with van der Waals surface area (Å²) in [7, 11) is 0. The van der Waals surface area contributed by atoms with Gasteiger partial charge >= 0.3 is 0 Å². The number of aliphatic hydroxyl groups is 1. The second kappa shape index (κ2) is 7.84. The van der Waals surface area contributed by atoms with Gasteiger partial charge in [-0.3, -0.25) is 0 Å². The maximum Gasteiger partial charge on any atom is 0.0761 e. The predicted molar refractivity (Wildman–Crippen MR) is 85.9 cm³/mol. The first kappa shape index (κ1) is 17.3. The molecular weight excluding hydrogens is 349 g/mol. The van der Waals surface area contributed by atoms with Crippen molar-refractivity contribution >= 4 is 39.9 Å². The Morgan fingerprint density at radius 3 is 2.53 bits per heavy atom. The number of nitrogens with two attached hydrogens (primary N) is 1. The molecule has 0 spiro atoms. The molecular formula is C14H20BrCl2NO. The summed E-state index contributed by atoms with van der Waals surface area (Å²) in [5.74, 6) is 0.309. The van der Waals surface area contributed by atoms with Crippen LogP contribution in [0.5, 0.6) is 0 Å². The number of aliphatic hydroxyl groups excluding tert-OH is 1. The number of halogens is 3. The minimum Gasteiger partial charge on any atom is -0.391 e. The molecule has 0 aliphatic heterocycles. The van der Waals surface area contributed by atoms with Crippen molar-refractivity contribution in [3.63, 3.8) is 0 Å². The van der Waals surface area contributed by atoms with Crippen molar-refractivity contribution < 1.29 is 5.11 Å². The molecule has 0 saturated heterocycles. The molecule has 0 aromatic heterocycles. The Balaban J connectivity index is 0.00000180. The minimum absolute atomic E-state index is 0. The fourth-order valence-corrected chi connectivity index (χ4v) is 3.35. The van der Waals surface area contributed by atoms with E-state index in [1.807, 2.05) is 18.2 Å². The average Bonchev–Trinajstić information content (AvgIpc) is 2.41. The lowest BCUT2D eigenvalue weighted by molar-refractivity contribution is 0.0618. The van der Waals surface area contributed by atoms with Crippen molar-refractivity contribution in [3.05, 3.63) is 33.3 Å². The summed E-state index contributed by atoms with van der Waals surface area (Å²) in [6.07, 6.45) is 5.30. The predicted octanol–water partition coefficient (Wildman–Crippen LogP) is 4.47. The highest BCUT2D eigenvalue weighted by atomic mass is 79.9. The van der Waals surface area contributed by atoms with Crippen molar-refractivity contribution in [1.82, 2.24) is 0 Å². The molecule has 2 nitrogen and oxygen atoms in total. The summed E-state index contributed by atoms with van der Waals surface area (Å²) in [6, 6.07) is 5.19. The average molecular weight is 369 g/mol. The topological polar surface area (TPSA) is 46.2 Å². The van der Waals surface area contributed by atoms with Crippen LogP contribution in [-0.4, -0.2) is 11.2 Å². The summed E-state index contributed by atoms with van der Waals surface area (Å²) in [6.45, 7) is 0. The summed E-state index contributed by atoms with van der Waals surface area (Å²) in [4.78, 5) is 0. The first-order valence-corrected chi connectivity index (χ1v) is 7.65. The molecule has 0 bridgehead atoms. The van der Waals surface area contributed by atoms with E-state index in [9.17, 15) is 5.11 Å². The van der Waals surface area contributed by atoms with Crippen molar-refractivity contribution in [3.8, 4) is 0 Å². The van der Waals surface area contributed by atoms with Gasteiger partial charge in [0, 0.05) is 9.50 Å². The lowest BCUT2D eigenvalue weighted by Crippen LogP contribution is -2.34. The molecule has 0 unspecified atom stereocenters. The lowest BCUT2D eigenvalue weighted by atomic mass is 9.81. The second-order valence-electron chi connectivity index (χ2n) is 5.08. The van der Waals surface area contributed by atoms with E-state index < -0.39 is 12.1 Å². The molecule has 1 fully saturated rings. The Morgan fingerprint density at radius 2 is 1.89 bits per heavy atom. The van der Waals surface area contributed by atoms with Crippen molar-refractivity contribution in [1.29, 1.82) is 0 Å². The second-order valence-corrected chi connectivity index (χ2v) is 6.40. The van der Waals surface area contributed by atoms with Crippen LogP contribution in [-0.2, 0) is 0 Å². The summed E-state index contributed by atoms with van der Waals surface area (Å²) < 4.78 is 0.938. The monoisotopic (exact) mass is 367 g/mol. The molecule has 1 aromatic carbocycles.